The number of aliphatic hydroxyl groups is 1. The first-order valence-corrected chi connectivity index (χ1v) is 12.9. The fraction of sp³-hybridized carbons (Fsp3) is 0.318. The number of likely N-dealkylation sites (N-methyl/N-ethyl adjacent to an activating group) is 1. The van der Waals surface area contributed by atoms with E-state index < -0.39 is 9.84 Å². The SMILES string of the molecule is C[C@H]1c2c(ccc3cnc(Nc4cccc(S(C)(=O)=O)c4)nc23)SC1C(=O)N(C)CCO. The number of sulfone groups is 1. The molecular weight excluding hydrogens is 448 g/mol. The summed E-state index contributed by atoms with van der Waals surface area (Å²) in [4.78, 5) is 24.7. The first-order chi connectivity index (χ1) is 15.2. The van der Waals surface area contributed by atoms with Gasteiger partial charge in [-0.2, -0.15) is 0 Å². The van der Waals surface area contributed by atoms with Crippen LogP contribution in [0.25, 0.3) is 10.9 Å². The minimum atomic E-state index is -3.33. The van der Waals surface area contributed by atoms with Crippen molar-refractivity contribution in [3.63, 3.8) is 0 Å². The number of anilines is 2. The first kappa shape index (κ1) is 22.5. The molecule has 0 saturated carbocycles. The lowest BCUT2D eigenvalue weighted by Gasteiger charge is -2.22. The largest absolute Gasteiger partial charge is 0.395 e. The summed E-state index contributed by atoms with van der Waals surface area (Å²) in [6.45, 7) is 2.23. The maximum absolute atomic E-state index is 12.9. The number of benzene rings is 2. The average molecular weight is 473 g/mol. The van der Waals surface area contributed by atoms with Crippen molar-refractivity contribution in [3.8, 4) is 0 Å². The molecule has 10 heteroatoms. The fourth-order valence-electron chi connectivity index (χ4n) is 3.77. The topological polar surface area (TPSA) is 112 Å². The van der Waals surface area contributed by atoms with Crippen LogP contribution < -0.4 is 5.32 Å². The second kappa shape index (κ2) is 8.68. The molecule has 1 aliphatic heterocycles. The lowest BCUT2D eigenvalue weighted by atomic mass is 9.95. The van der Waals surface area contributed by atoms with E-state index in [1.165, 1.54) is 11.8 Å². The van der Waals surface area contributed by atoms with E-state index in [0.29, 0.717) is 18.2 Å². The summed E-state index contributed by atoms with van der Waals surface area (Å²) in [6, 6.07) is 10.4. The van der Waals surface area contributed by atoms with Crippen molar-refractivity contribution in [1.82, 2.24) is 14.9 Å². The van der Waals surface area contributed by atoms with Crippen molar-refractivity contribution in [2.75, 3.05) is 31.8 Å². The van der Waals surface area contributed by atoms with Gasteiger partial charge in [0.2, 0.25) is 11.9 Å². The van der Waals surface area contributed by atoms with Crippen molar-refractivity contribution in [2.24, 2.45) is 0 Å². The third-order valence-corrected chi connectivity index (χ3v) is 8.07. The van der Waals surface area contributed by atoms with E-state index in [2.05, 4.69) is 10.3 Å². The van der Waals surface area contributed by atoms with Gasteiger partial charge in [0.1, 0.15) is 0 Å². The molecule has 8 nitrogen and oxygen atoms in total. The Hall–Kier alpha value is -2.69. The summed E-state index contributed by atoms with van der Waals surface area (Å²) in [5, 5.41) is 12.8. The maximum Gasteiger partial charge on any atom is 0.236 e. The van der Waals surface area contributed by atoms with Crippen LogP contribution in [-0.4, -0.2) is 66.0 Å². The van der Waals surface area contributed by atoms with Gasteiger partial charge in [-0.05, 0) is 29.8 Å². The van der Waals surface area contributed by atoms with Gasteiger partial charge in [0.15, 0.2) is 9.84 Å². The number of rotatable bonds is 6. The zero-order valence-electron chi connectivity index (χ0n) is 17.9. The van der Waals surface area contributed by atoms with Gasteiger partial charge >= 0.3 is 0 Å². The lowest BCUT2D eigenvalue weighted by Crippen LogP contribution is -2.37. The van der Waals surface area contributed by atoms with Crippen LogP contribution in [0.3, 0.4) is 0 Å². The minimum absolute atomic E-state index is 0.0223. The van der Waals surface area contributed by atoms with E-state index in [1.54, 1.807) is 42.4 Å². The van der Waals surface area contributed by atoms with E-state index in [-0.39, 0.29) is 28.6 Å². The number of nitrogens with zero attached hydrogens (tertiary/aromatic N) is 3. The van der Waals surface area contributed by atoms with Crippen LogP contribution in [0.5, 0.6) is 0 Å². The van der Waals surface area contributed by atoms with Crippen molar-refractivity contribution in [2.45, 2.75) is 27.9 Å². The van der Waals surface area contributed by atoms with Crippen LogP contribution >= 0.6 is 11.8 Å². The van der Waals surface area contributed by atoms with Crippen LogP contribution in [-0.2, 0) is 14.6 Å². The fourth-order valence-corrected chi connectivity index (χ4v) is 5.89. The predicted octanol–water partition coefficient (Wildman–Crippen LogP) is 2.81. The van der Waals surface area contributed by atoms with Crippen LogP contribution in [0.2, 0.25) is 0 Å². The number of aliphatic hydroxyl groups excluding tert-OH is 1. The number of hydrogen-bond donors (Lipinski definition) is 2. The number of fused-ring (bicyclic) bond motifs is 3. The Balaban J connectivity index is 1.68. The molecule has 0 radical (unpaired) electrons. The summed E-state index contributed by atoms with van der Waals surface area (Å²) >= 11 is 1.52. The van der Waals surface area contributed by atoms with Crippen molar-refractivity contribution >= 4 is 50.0 Å². The molecule has 0 spiro atoms. The van der Waals surface area contributed by atoms with E-state index in [4.69, 9.17) is 10.1 Å². The van der Waals surface area contributed by atoms with Gasteiger partial charge < -0.3 is 15.3 Å². The second-order valence-electron chi connectivity index (χ2n) is 7.84. The molecule has 168 valence electrons. The molecule has 2 atom stereocenters. The second-order valence-corrected chi connectivity index (χ2v) is 11.0. The highest BCUT2D eigenvalue weighted by atomic mass is 32.2. The van der Waals surface area contributed by atoms with E-state index in [1.807, 2.05) is 19.1 Å². The maximum atomic E-state index is 12.9. The first-order valence-electron chi connectivity index (χ1n) is 10.1. The highest BCUT2D eigenvalue weighted by molar-refractivity contribution is 8.01. The highest BCUT2D eigenvalue weighted by Crippen LogP contribution is 2.48. The van der Waals surface area contributed by atoms with E-state index >= 15 is 0 Å². The number of carbonyl (C=O) groups is 1. The van der Waals surface area contributed by atoms with Gasteiger partial charge in [0.05, 0.1) is 22.3 Å². The number of amides is 1. The quantitative estimate of drug-likeness (QED) is 0.563. The molecular formula is C22H24N4O4S2. The van der Waals surface area contributed by atoms with Crippen LogP contribution in [0.15, 0.2) is 52.4 Å². The van der Waals surface area contributed by atoms with Gasteiger partial charge in [0.25, 0.3) is 0 Å². The van der Waals surface area contributed by atoms with Gasteiger partial charge in [-0.3, -0.25) is 4.79 Å². The van der Waals surface area contributed by atoms with E-state index in [0.717, 1.165) is 27.6 Å². The smallest absolute Gasteiger partial charge is 0.236 e. The Morgan fingerprint density at radius 2 is 2.06 bits per heavy atom. The molecule has 1 aliphatic rings. The Kier molecular flexibility index (Phi) is 6.11. The molecule has 1 amide bonds. The molecule has 1 aromatic heterocycles. The van der Waals surface area contributed by atoms with Crippen LogP contribution in [0, 0.1) is 0 Å². The molecule has 3 aromatic rings. The molecule has 0 aliphatic carbocycles. The summed E-state index contributed by atoms with van der Waals surface area (Å²) in [7, 11) is -1.63. The molecule has 4 rings (SSSR count). The molecule has 32 heavy (non-hydrogen) atoms. The summed E-state index contributed by atoms with van der Waals surface area (Å²) in [6.07, 6.45) is 2.88. The predicted molar refractivity (Wildman–Crippen MR) is 125 cm³/mol. The Bertz CT molecular complexity index is 1300. The molecule has 0 saturated heterocycles. The average Bonchev–Trinajstić information content (AvgIpc) is 3.10. The Labute approximate surface area is 191 Å². The number of thioether (sulfide) groups is 1. The van der Waals surface area contributed by atoms with E-state index in [9.17, 15) is 13.2 Å². The highest BCUT2D eigenvalue weighted by Gasteiger charge is 2.38. The van der Waals surface area contributed by atoms with Gasteiger partial charge in [-0.1, -0.05) is 19.1 Å². The monoisotopic (exact) mass is 472 g/mol. The van der Waals surface area contributed by atoms with Gasteiger partial charge in [0, 0.05) is 47.9 Å². The zero-order chi connectivity index (χ0) is 23.0. The standard InChI is InChI=1S/C22H24N4O4S2/c1-13-18-17(31-20(13)21(28)26(2)9-10-27)8-7-14-12-23-22(25-19(14)18)24-15-5-4-6-16(11-15)32(3,29)30/h4-8,11-13,20,27H,9-10H2,1-3H3,(H,23,24,25)/t13-,20?/m0/s1. The number of aromatic nitrogens is 2. The molecule has 2 N–H and O–H groups in total. The molecule has 0 bridgehead atoms. The third kappa shape index (κ3) is 4.30. The summed E-state index contributed by atoms with van der Waals surface area (Å²) in [5.74, 6) is 0.260. The third-order valence-electron chi connectivity index (χ3n) is 5.49. The number of nitrogens with one attached hydrogen (secondary N) is 1. The lowest BCUT2D eigenvalue weighted by molar-refractivity contribution is -0.130. The number of hydrogen-bond acceptors (Lipinski definition) is 8. The molecule has 1 unspecified atom stereocenters. The molecule has 2 aromatic carbocycles. The van der Waals surface area contributed by atoms with Gasteiger partial charge in [-0.25, -0.2) is 18.4 Å². The zero-order valence-corrected chi connectivity index (χ0v) is 19.6. The van der Waals surface area contributed by atoms with Crippen LogP contribution in [0.1, 0.15) is 18.4 Å². The van der Waals surface area contributed by atoms with Crippen molar-refractivity contribution < 1.29 is 18.3 Å². The minimum Gasteiger partial charge on any atom is -0.395 e. The van der Waals surface area contributed by atoms with Crippen molar-refractivity contribution in [3.05, 3.63) is 48.2 Å². The van der Waals surface area contributed by atoms with Gasteiger partial charge in [-0.15, -0.1) is 11.8 Å². The number of carbonyl (C=O) groups excluding carboxylic acids is 1. The molecule has 2 heterocycles. The van der Waals surface area contributed by atoms with Crippen LogP contribution in [0.4, 0.5) is 11.6 Å². The summed E-state index contributed by atoms with van der Waals surface area (Å²) < 4.78 is 23.7. The van der Waals surface area contributed by atoms with Crippen molar-refractivity contribution in [1.29, 1.82) is 0 Å². The molecule has 0 fully saturated rings. The summed E-state index contributed by atoms with van der Waals surface area (Å²) in [5.41, 5.74) is 2.33. The Morgan fingerprint density at radius 3 is 2.78 bits per heavy atom. The Morgan fingerprint density at radius 1 is 1.28 bits per heavy atom. The normalized spacial score (nSPS) is 17.9.